The van der Waals surface area contributed by atoms with Gasteiger partial charge in [-0.3, -0.25) is 0 Å². The topological polar surface area (TPSA) is 60.4 Å². The third-order valence-electron chi connectivity index (χ3n) is 9.80. The van der Waals surface area contributed by atoms with Crippen LogP contribution in [-0.4, -0.2) is 25.2 Å². The molecule has 0 aliphatic heterocycles. The predicted molar refractivity (Wildman–Crippen MR) is 207 cm³/mol. The number of thiazole rings is 2. The number of esters is 2. The van der Waals surface area contributed by atoms with Crippen molar-refractivity contribution in [2.75, 3.05) is 13.2 Å². The Morgan fingerprint density at radius 1 is 0.520 bits per heavy atom. The van der Waals surface area contributed by atoms with Crippen LogP contribution in [0.5, 0.6) is 0 Å². The molecular formula is C42H66N2O4S2+2. The maximum Gasteiger partial charge on any atom is 0.338 e. The highest BCUT2D eigenvalue weighted by molar-refractivity contribution is 7.09. The van der Waals surface area contributed by atoms with Gasteiger partial charge in [-0.2, -0.15) is 9.13 Å². The second-order valence-corrected chi connectivity index (χ2v) is 15.7. The lowest BCUT2D eigenvalue weighted by Gasteiger charge is -2.06. The summed E-state index contributed by atoms with van der Waals surface area (Å²) in [5, 5.41) is 0. The molecule has 0 atom stereocenters. The fourth-order valence-electron chi connectivity index (χ4n) is 6.39. The molecule has 2 aromatic heterocycles. The normalized spacial score (nSPS) is 11.3. The van der Waals surface area contributed by atoms with Crippen LogP contribution in [0.4, 0.5) is 0 Å². The van der Waals surface area contributed by atoms with Crippen LogP contribution in [0.25, 0.3) is 0 Å². The zero-order valence-electron chi connectivity index (χ0n) is 31.8. The Morgan fingerprint density at radius 2 is 0.840 bits per heavy atom. The maximum absolute atomic E-state index is 12.7. The molecule has 2 heterocycles. The summed E-state index contributed by atoms with van der Waals surface area (Å²) in [7, 11) is 0. The molecule has 0 aliphatic rings. The number of nitrogens with zero attached hydrogens (tertiary/aromatic N) is 2. The first-order valence-corrected chi connectivity index (χ1v) is 21.6. The number of carbonyl (C=O) groups excluding carboxylic acids is 2. The maximum atomic E-state index is 12.7. The number of rotatable bonds is 28. The third kappa shape index (κ3) is 15.8. The van der Waals surface area contributed by atoms with E-state index < -0.39 is 0 Å². The largest absolute Gasteiger partial charge is 0.462 e. The summed E-state index contributed by atoms with van der Waals surface area (Å²) < 4.78 is 15.9. The van der Waals surface area contributed by atoms with Gasteiger partial charge < -0.3 is 9.47 Å². The van der Waals surface area contributed by atoms with Gasteiger partial charge in [-0.25, -0.2) is 9.59 Å². The van der Waals surface area contributed by atoms with Gasteiger partial charge in [0.25, 0.3) is 0 Å². The van der Waals surface area contributed by atoms with Crippen molar-refractivity contribution in [1.82, 2.24) is 0 Å². The zero-order valence-corrected chi connectivity index (χ0v) is 33.4. The lowest BCUT2D eigenvalue weighted by atomic mass is 10.1. The molecule has 278 valence electrons. The SMILES string of the molecule is CCCCCCCCCCC[n+]1csc(CCOC(=O)c2ccc(C(=O)OCCc3sc[n+](CCCCCCCCCCC)c3C)cc2)c1C. The summed E-state index contributed by atoms with van der Waals surface area (Å²) in [6, 6.07) is 6.58. The third-order valence-corrected chi connectivity index (χ3v) is 12.1. The van der Waals surface area contributed by atoms with Crippen molar-refractivity contribution in [1.29, 1.82) is 0 Å². The van der Waals surface area contributed by atoms with Gasteiger partial charge >= 0.3 is 11.9 Å². The van der Waals surface area contributed by atoms with Gasteiger partial charge in [0.15, 0.2) is 11.4 Å². The molecule has 0 aliphatic carbocycles. The van der Waals surface area contributed by atoms with Crippen molar-refractivity contribution < 1.29 is 28.2 Å². The summed E-state index contributed by atoms with van der Waals surface area (Å²) in [5.74, 6) is -0.740. The van der Waals surface area contributed by atoms with Crippen molar-refractivity contribution in [3.05, 3.63) is 67.6 Å². The van der Waals surface area contributed by atoms with Gasteiger partial charge in [0.2, 0.25) is 11.0 Å². The molecule has 0 bridgehead atoms. The summed E-state index contributed by atoms with van der Waals surface area (Å²) in [6.07, 6.45) is 25.4. The number of carbonyl (C=O) groups is 2. The molecule has 0 saturated heterocycles. The quantitative estimate of drug-likeness (QED) is 0.0425. The molecule has 8 heteroatoms. The smallest absolute Gasteiger partial charge is 0.338 e. The van der Waals surface area contributed by atoms with Crippen LogP contribution in [0.3, 0.4) is 0 Å². The van der Waals surface area contributed by atoms with Crippen LogP contribution < -0.4 is 9.13 Å². The van der Waals surface area contributed by atoms with E-state index in [1.165, 1.54) is 137 Å². The molecule has 1 aromatic carbocycles. The van der Waals surface area contributed by atoms with E-state index in [0.717, 1.165) is 13.1 Å². The predicted octanol–water partition coefficient (Wildman–Crippen LogP) is 10.9. The Kier molecular flexibility index (Phi) is 21.2. The number of benzene rings is 1. The first-order valence-electron chi connectivity index (χ1n) is 19.8. The number of unbranched alkanes of at least 4 members (excludes halogenated alkanes) is 16. The second kappa shape index (κ2) is 25.4. The molecule has 0 N–H and O–H groups in total. The molecule has 3 aromatic rings. The number of hydrogen-bond acceptors (Lipinski definition) is 6. The van der Waals surface area contributed by atoms with Crippen LogP contribution in [0, 0.1) is 13.8 Å². The van der Waals surface area contributed by atoms with E-state index in [-0.39, 0.29) is 11.9 Å². The van der Waals surface area contributed by atoms with Crippen molar-refractivity contribution in [2.24, 2.45) is 0 Å². The fraction of sp³-hybridized carbons (Fsp3) is 0.667. The Morgan fingerprint density at radius 3 is 1.18 bits per heavy atom. The fourth-order valence-corrected chi connectivity index (χ4v) is 8.41. The van der Waals surface area contributed by atoms with Crippen LogP contribution in [0.1, 0.15) is 171 Å². The van der Waals surface area contributed by atoms with E-state index in [0.29, 0.717) is 37.2 Å². The minimum absolute atomic E-state index is 0.337. The molecular weight excluding hydrogens is 661 g/mol. The van der Waals surface area contributed by atoms with Crippen molar-refractivity contribution in [2.45, 2.75) is 169 Å². The number of hydrogen-bond donors (Lipinski definition) is 0. The Hall–Kier alpha value is -2.58. The van der Waals surface area contributed by atoms with Gasteiger partial charge in [0, 0.05) is 39.5 Å². The monoisotopic (exact) mass is 726 g/mol. The van der Waals surface area contributed by atoms with E-state index in [9.17, 15) is 9.59 Å². The van der Waals surface area contributed by atoms with Crippen molar-refractivity contribution in [3.63, 3.8) is 0 Å². The number of aromatic nitrogens is 2. The minimum atomic E-state index is -0.370. The Bertz CT molecular complexity index is 1260. The van der Waals surface area contributed by atoms with E-state index >= 15 is 0 Å². The van der Waals surface area contributed by atoms with Crippen LogP contribution in [-0.2, 0) is 35.4 Å². The first-order chi connectivity index (χ1) is 24.4. The molecule has 3 rings (SSSR count). The number of ether oxygens (including phenoxy) is 2. The Labute approximate surface area is 311 Å². The van der Waals surface area contributed by atoms with Crippen molar-refractivity contribution in [3.8, 4) is 0 Å². The average Bonchev–Trinajstić information content (AvgIpc) is 3.66. The standard InChI is InChI=1S/C42H66N2O4S2/c1-5-7-9-11-13-15-17-19-21-29-43-33-49-39(35(43)3)27-31-47-41(45)37-23-25-38(26-24-37)42(46)48-32-28-40-36(4)44(34-50-40)30-22-20-18-16-14-12-10-8-6-2/h23-26,33-34H,5-22,27-32H2,1-4H3/q+2. The van der Waals surface area contributed by atoms with E-state index in [1.807, 2.05) is 0 Å². The zero-order chi connectivity index (χ0) is 35.8. The number of aryl methyl sites for hydroxylation is 2. The van der Waals surface area contributed by atoms with Crippen LogP contribution in [0.2, 0.25) is 0 Å². The summed E-state index contributed by atoms with van der Waals surface area (Å²) >= 11 is 3.48. The first kappa shape index (κ1) is 41.8. The van der Waals surface area contributed by atoms with Crippen molar-refractivity contribution >= 4 is 34.6 Å². The molecule has 0 unspecified atom stereocenters. The molecule has 0 saturated carbocycles. The summed E-state index contributed by atoms with van der Waals surface area (Å²) in [4.78, 5) is 27.9. The molecule has 0 spiro atoms. The van der Waals surface area contributed by atoms with Gasteiger partial charge in [-0.1, -0.05) is 126 Å². The van der Waals surface area contributed by atoms with Crippen LogP contribution in [0.15, 0.2) is 35.3 Å². The second-order valence-electron chi connectivity index (χ2n) is 13.9. The van der Waals surface area contributed by atoms with Gasteiger partial charge in [0.1, 0.15) is 13.1 Å². The lowest BCUT2D eigenvalue weighted by molar-refractivity contribution is -0.698. The highest BCUT2D eigenvalue weighted by Gasteiger charge is 2.18. The Balaban J connectivity index is 1.28. The lowest BCUT2D eigenvalue weighted by Crippen LogP contribution is -2.34. The molecule has 0 amide bonds. The molecule has 0 radical (unpaired) electrons. The van der Waals surface area contributed by atoms with E-state index in [1.54, 1.807) is 46.9 Å². The average molecular weight is 727 g/mol. The summed E-state index contributed by atoms with van der Waals surface area (Å²) in [6.45, 7) is 11.6. The van der Waals surface area contributed by atoms with Gasteiger partial charge in [0.05, 0.1) is 34.1 Å². The molecule has 6 nitrogen and oxygen atoms in total. The van der Waals surface area contributed by atoms with Crippen LogP contribution >= 0.6 is 22.7 Å². The van der Waals surface area contributed by atoms with Gasteiger partial charge in [-0.15, -0.1) is 0 Å². The molecule has 0 fully saturated rings. The minimum Gasteiger partial charge on any atom is -0.462 e. The highest BCUT2D eigenvalue weighted by atomic mass is 32.1. The van der Waals surface area contributed by atoms with Gasteiger partial charge in [-0.05, 0) is 37.1 Å². The van der Waals surface area contributed by atoms with E-state index in [2.05, 4.69) is 47.9 Å². The summed E-state index contributed by atoms with van der Waals surface area (Å²) in [5.41, 5.74) is 7.83. The van der Waals surface area contributed by atoms with E-state index in [4.69, 9.17) is 9.47 Å². The highest BCUT2D eigenvalue weighted by Crippen LogP contribution is 2.16. The molecule has 50 heavy (non-hydrogen) atoms.